The minimum absolute atomic E-state index is 0.0810. The third-order valence-electron chi connectivity index (χ3n) is 2.43. The number of rotatable bonds is 1. The van der Waals surface area contributed by atoms with Gasteiger partial charge in [0.05, 0.1) is 0 Å². The number of carboxylic acids is 1. The number of H-pyrrole nitrogens is 1. The van der Waals surface area contributed by atoms with Crippen LogP contribution in [0.2, 0.25) is 0 Å². The molecule has 0 bridgehead atoms. The zero-order valence-electron chi connectivity index (χ0n) is 10.1. The lowest BCUT2D eigenvalue weighted by molar-refractivity contribution is 0.0690. The summed E-state index contributed by atoms with van der Waals surface area (Å²) in [5, 5.41) is 9.49. The number of nitrogens with two attached hydrogens (primary N) is 1. The molecular weight excluding hydrogens is 242 g/mol. The predicted molar refractivity (Wildman–Crippen MR) is 73.9 cm³/mol. The average Bonchev–Trinajstić information content (AvgIpc) is 2.80. The van der Waals surface area contributed by atoms with E-state index < -0.39 is 5.97 Å². The van der Waals surface area contributed by atoms with Crippen LogP contribution in [0.1, 0.15) is 10.5 Å². The second kappa shape index (κ2) is 5.68. The SMILES string of the molecule is Nc1cc2ccccc2[nH]1.O=C(O)c1ccccn1. The molecule has 0 spiro atoms. The number of aromatic nitrogens is 2. The summed E-state index contributed by atoms with van der Waals surface area (Å²) in [5.74, 6) is -0.267. The average molecular weight is 255 g/mol. The summed E-state index contributed by atoms with van der Waals surface area (Å²) in [7, 11) is 0. The predicted octanol–water partition coefficient (Wildman–Crippen LogP) is 2.53. The van der Waals surface area contributed by atoms with Crippen molar-refractivity contribution >= 4 is 22.7 Å². The van der Waals surface area contributed by atoms with Crippen LogP contribution >= 0.6 is 0 Å². The highest BCUT2D eigenvalue weighted by molar-refractivity contribution is 5.85. The van der Waals surface area contributed by atoms with Gasteiger partial charge in [-0.2, -0.15) is 0 Å². The van der Waals surface area contributed by atoms with Crippen molar-refractivity contribution in [2.24, 2.45) is 0 Å². The molecule has 0 atom stereocenters. The normalized spacial score (nSPS) is 9.68. The van der Waals surface area contributed by atoms with Gasteiger partial charge in [0.1, 0.15) is 11.5 Å². The molecule has 3 rings (SSSR count). The number of pyridine rings is 1. The number of carboxylic acid groups (broad SMARTS) is 1. The standard InChI is InChI=1S/C8H8N2.C6H5NO2/c9-8-5-6-3-1-2-4-7(6)10-8;8-6(9)5-3-1-2-4-7-5/h1-5,10H,9H2;1-4H,(H,8,9). The summed E-state index contributed by atoms with van der Waals surface area (Å²) in [6.45, 7) is 0. The van der Waals surface area contributed by atoms with Gasteiger partial charge in [-0.25, -0.2) is 9.78 Å². The molecule has 0 aliphatic rings. The van der Waals surface area contributed by atoms with E-state index in [2.05, 4.69) is 9.97 Å². The first-order chi connectivity index (χ1) is 9.16. The lowest BCUT2D eigenvalue weighted by atomic mass is 10.3. The van der Waals surface area contributed by atoms with Gasteiger partial charge in [0.2, 0.25) is 0 Å². The number of benzene rings is 1. The van der Waals surface area contributed by atoms with E-state index >= 15 is 0 Å². The fourth-order valence-corrected chi connectivity index (χ4v) is 1.59. The molecule has 0 unspecified atom stereocenters. The molecule has 5 nitrogen and oxygen atoms in total. The zero-order valence-corrected chi connectivity index (χ0v) is 10.1. The Hall–Kier alpha value is -2.82. The quantitative estimate of drug-likeness (QED) is 0.623. The van der Waals surface area contributed by atoms with Crippen LogP contribution in [0.4, 0.5) is 5.82 Å². The van der Waals surface area contributed by atoms with E-state index in [1.807, 2.05) is 30.3 Å². The number of nitrogens with one attached hydrogen (secondary N) is 1. The molecule has 0 aliphatic heterocycles. The maximum Gasteiger partial charge on any atom is 0.354 e. The van der Waals surface area contributed by atoms with Crippen LogP contribution in [-0.4, -0.2) is 21.0 Å². The summed E-state index contributed by atoms with van der Waals surface area (Å²) in [6, 6.07) is 14.7. The van der Waals surface area contributed by atoms with Crippen molar-refractivity contribution in [3.8, 4) is 0 Å². The van der Waals surface area contributed by atoms with Gasteiger partial charge in [0.25, 0.3) is 0 Å². The molecule has 2 aromatic heterocycles. The van der Waals surface area contributed by atoms with E-state index in [1.165, 1.54) is 17.6 Å². The van der Waals surface area contributed by atoms with Crippen molar-refractivity contribution < 1.29 is 9.90 Å². The summed E-state index contributed by atoms with van der Waals surface area (Å²) in [5.41, 5.74) is 6.71. The van der Waals surface area contributed by atoms with E-state index in [9.17, 15) is 4.79 Å². The summed E-state index contributed by atoms with van der Waals surface area (Å²) in [4.78, 5) is 16.8. The Kier molecular flexibility index (Phi) is 3.78. The van der Waals surface area contributed by atoms with Crippen LogP contribution in [0.3, 0.4) is 0 Å². The fraction of sp³-hybridized carbons (Fsp3) is 0. The maximum atomic E-state index is 10.1. The van der Waals surface area contributed by atoms with Crippen LogP contribution in [0.15, 0.2) is 54.7 Å². The molecule has 0 saturated heterocycles. The molecular formula is C14H13N3O2. The Morgan fingerprint density at radius 3 is 2.47 bits per heavy atom. The molecule has 2 heterocycles. The van der Waals surface area contributed by atoms with Crippen molar-refractivity contribution in [1.29, 1.82) is 0 Å². The molecule has 96 valence electrons. The van der Waals surface area contributed by atoms with Gasteiger partial charge in [-0.1, -0.05) is 24.3 Å². The Morgan fingerprint density at radius 2 is 1.89 bits per heavy atom. The molecule has 0 amide bonds. The molecule has 5 heteroatoms. The van der Waals surface area contributed by atoms with Gasteiger partial charge in [0, 0.05) is 17.1 Å². The van der Waals surface area contributed by atoms with Crippen molar-refractivity contribution in [2.45, 2.75) is 0 Å². The lowest BCUT2D eigenvalue weighted by Crippen LogP contribution is -1.97. The molecule has 0 fully saturated rings. The number of hydrogen-bond acceptors (Lipinski definition) is 3. The molecule has 0 aliphatic carbocycles. The van der Waals surface area contributed by atoms with E-state index in [0.717, 1.165) is 11.3 Å². The molecule has 1 aromatic carbocycles. The minimum Gasteiger partial charge on any atom is -0.477 e. The molecule has 3 aromatic rings. The highest BCUT2D eigenvalue weighted by Crippen LogP contribution is 2.14. The first kappa shape index (κ1) is 12.6. The smallest absolute Gasteiger partial charge is 0.354 e. The van der Waals surface area contributed by atoms with Gasteiger partial charge in [0.15, 0.2) is 0 Å². The number of aromatic carboxylic acids is 1. The van der Waals surface area contributed by atoms with Crippen LogP contribution in [0, 0.1) is 0 Å². The minimum atomic E-state index is -0.990. The van der Waals surface area contributed by atoms with Gasteiger partial charge in [-0.15, -0.1) is 0 Å². The lowest BCUT2D eigenvalue weighted by Gasteiger charge is -1.87. The number of para-hydroxylation sites is 1. The Labute approximate surface area is 109 Å². The first-order valence-corrected chi connectivity index (χ1v) is 5.64. The highest BCUT2D eigenvalue weighted by Gasteiger charge is 1.98. The first-order valence-electron chi connectivity index (χ1n) is 5.64. The monoisotopic (exact) mass is 255 g/mol. The van der Waals surface area contributed by atoms with Crippen molar-refractivity contribution in [2.75, 3.05) is 5.73 Å². The number of carbonyl (C=O) groups is 1. The van der Waals surface area contributed by atoms with Gasteiger partial charge >= 0.3 is 5.97 Å². The second-order valence-corrected chi connectivity index (χ2v) is 3.83. The van der Waals surface area contributed by atoms with Crippen LogP contribution in [0.25, 0.3) is 10.9 Å². The fourth-order valence-electron chi connectivity index (χ4n) is 1.59. The van der Waals surface area contributed by atoms with Gasteiger partial charge < -0.3 is 15.8 Å². The Balaban J connectivity index is 0.000000141. The van der Waals surface area contributed by atoms with E-state index in [-0.39, 0.29) is 5.69 Å². The topological polar surface area (TPSA) is 92.0 Å². The molecule has 0 radical (unpaired) electrons. The van der Waals surface area contributed by atoms with Crippen LogP contribution in [0.5, 0.6) is 0 Å². The van der Waals surface area contributed by atoms with Crippen molar-refractivity contribution in [1.82, 2.24) is 9.97 Å². The van der Waals surface area contributed by atoms with E-state index in [0.29, 0.717) is 0 Å². The maximum absolute atomic E-state index is 10.1. The number of nitrogen functional groups attached to an aromatic ring is 1. The number of fused-ring (bicyclic) bond motifs is 1. The van der Waals surface area contributed by atoms with Crippen molar-refractivity contribution in [3.05, 3.63) is 60.4 Å². The number of nitrogens with zero attached hydrogens (tertiary/aromatic N) is 1. The van der Waals surface area contributed by atoms with E-state index in [4.69, 9.17) is 10.8 Å². The number of anilines is 1. The van der Waals surface area contributed by atoms with Gasteiger partial charge in [-0.05, 0) is 24.3 Å². The zero-order chi connectivity index (χ0) is 13.7. The molecule has 19 heavy (non-hydrogen) atoms. The Morgan fingerprint density at radius 1 is 1.16 bits per heavy atom. The van der Waals surface area contributed by atoms with Crippen molar-refractivity contribution in [3.63, 3.8) is 0 Å². The van der Waals surface area contributed by atoms with Crippen LogP contribution in [-0.2, 0) is 0 Å². The number of aromatic amines is 1. The summed E-state index contributed by atoms with van der Waals surface area (Å²) >= 11 is 0. The second-order valence-electron chi connectivity index (χ2n) is 3.83. The summed E-state index contributed by atoms with van der Waals surface area (Å²) in [6.07, 6.45) is 1.45. The molecule has 4 N–H and O–H groups in total. The van der Waals surface area contributed by atoms with Gasteiger partial charge in [-0.3, -0.25) is 0 Å². The van der Waals surface area contributed by atoms with E-state index in [1.54, 1.807) is 12.1 Å². The third-order valence-corrected chi connectivity index (χ3v) is 2.43. The number of hydrogen-bond donors (Lipinski definition) is 3. The largest absolute Gasteiger partial charge is 0.477 e. The Bertz CT molecular complexity index is 644. The summed E-state index contributed by atoms with van der Waals surface area (Å²) < 4.78 is 0. The third kappa shape index (κ3) is 3.32. The van der Waals surface area contributed by atoms with Crippen LogP contribution < -0.4 is 5.73 Å². The highest BCUT2D eigenvalue weighted by atomic mass is 16.4. The molecule has 0 saturated carbocycles.